The Hall–Kier alpha value is -1.84. The minimum Gasteiger partial charge on any atom is -0.484 e. The SMILES string of the molecule is CN(C)CC1C(=O)c2ccccc2OC1c1cccc(Cl)c1. The van der Waals surface area contributed by atoms with Crippen molar-refractivity contribution in [2.75, 3.05) is 20.6 Å². The average molecular weight is 316 g/mol. The summed E-state index contributed by atoms with van der Waals surface area (Å²) in [6, 6.07) is 15.0. The number of carbonyl (C=O) groups excluding carboxylic acids is 1. The highest BCUT2D eigenvalue weighted by molar-refractivity contribution is 6.30. The van der Waals surface area contributed by atoms with Crippen molar-refractivity contribution in [3.8, 4) is 5.75 Å². The molecule has 0 fully saturated rings. The molecule has 2 unspecified atom stereocenters. The van der Waals surface area contributed by atoms with Crippen molar-refractivity contribution in [1.29, 1.82) is 0 Å². The number of halogens is 1. The molecule has 0 radical (unpaired) electrons. The molecule has 0 aliphatic carbocycles. The van der Waals surface area contributed by atoms with Crippen LogP contribution in [0.4, 0.5) is 0 Å². The van der Waals surface area contributed by atoms with E-state index < -0.39 is 0 Å². The maximum atomic E-state index is 12.9. The molecule has 2 aromatic rings. The summed E-state index contributed by atoms with van der Waals surface area (Å²) in [5.41, 5.74) is 1.59. The highest BCUT2D eigenvalue weighted by atomic mass is 35.5. The molecular weight excluding hydrogens is 298 g/mol. The molecule has 0 bridgehead atoms. The summed E-state index contributed by atoms with van der Waals surface area (Å²) < 4.78 is 6.15. The number of ether oxygens (including phenoxy) is 1. The molecule has 0 saturated heterocycles. The molecule has 0 spiro atoms. The quantitative estimate of drug-likeness (QED) is 0.862. The molecule has 3 nitrogen and oxygen atoms in total. The molecule has 1 heterocycles. The Morgan fingerprint density at radius 1 is 1.14 bits per heavy atom. The highest BCUT2D eigenvalue weighted by Gasteiger charge is 2.38. The van der Waals surface area contributed by atoms with E-state index in [-0.39, 0.29) is 17.8 Å². The Bertz CT molecular complexity index is 699. The van der Waals surface area contributed by atoms with Gasteiger partial charge in [-0.2, -0.15) is 0 Å². The molecule has 0 N–H and O–H groups in total. The maximum absolute atomic E-state index is 12.9. The fourth-order valence-corrected chi connectivity index (χ4v) is 3.08. The molecule has 2 aromatic carbocycles. The van der Waals surface area contributed by atoms with Crippen molar-refractivity contribution in [2.45, 2.75) is 6.10 Å². The zero-order chi connectivity index (χ0) is 15.7. The minimum atomic E-state index is -0.316. The Labute approximate surface area is 135 Å². The van der Waals surface area contributed by atoms with E-state index in [0.29, 0.717) is 22.9 Å². The van der Waals surface area contributed by atoms with Crippen molar-refractivity contribution in [3.05, 3.63) is 64.7 Å². The first-order valence-corrected chi connectivity index (χ1v) is 7.64. The highest BCUT2D eigenvalue weighted by Crippen LogP contribution is 2.39. The number of rotatable bonds is 3. The zero-order valence-electron chi connectivity index (χ0n) is 12.6. The predicted octanol–water partition coefficient (Wildman–Crippen LogP) is 3.83. The lowest BCUT2D eigenvalue weighted by Gasteiger charge is -2.34. The fourth-order valence-electron chi connectivity index (χ4n) is 2.89. The van der Waals surface area contributed by atoms with Crippen LogP contribution in [0.5, 0.6) is 5.75 Å². The van der Waals surface area contributed by atoms with Crippen LogP contribution in [0.3, 0.4) is 0 Å². The number of nitrogens with zero attached hydrogens (tertiary/aromatic N) is 1. The van der Waals surface area contributed by atoms with E-state index in [4.69, 9.17) is 16.3 Å². The van der Waals surface area contributed by atoms with E-state index >= 15 is 0 Å². The number of hydrogen-bond acceptors (Lipinski definition) is 3. The van der Waals surface area contributed by atoms with Gasteiger partial charge in [-0.1, -0.05) is 35.9 Å². The maximum Gasteiger partial charge on any atom is 0.175 e. The van der Waals surface area contributed by atoms with Crippen LogP contribution in [-0.4, -0.2) is 31.3 Å². The monoisotopic (exact) mass is 315 g/mol. The van der Waals surface area contributed by atoms with E-state index in [1.807, 2.05) is 67.5 Å². The lowest BCUT2D eigenvalue weighted by Crippen LogP contribution is -2.38. The van der Waals surface area contributed by atoms with Crippen LogP contribution >= 0.6 is 11.6 Å². The predicted molar refractivity (Wildman–Crippen MR) is 87.6 cm³/mol. The Balaban J connectivity index is 2.05. The first kappa shape index (κ1) is 15.1. The van der Waals surface area contributed by atoms with Gasteiger partial charge in [0, 0.05) is 11.6 Å². The summed E-state index contributed by atoms with van der Waals surface area (Å²) in [5.74, 6) is 0.524. The van der Waals surface area contributed by atoms with Crippen molar-refractivity contribution < 1.29 is 9.53 Å². The van der Waals surface area contributed by atoms with E-state index in [1.54, 1.807) is 0 Å². The third-order valence-electron chi connectivity index (χ3n) is 3.85. The van der Waals surface area contributed by atoms with Crippen LogP contribution in [0, 0.1) is 5.92 Å². The van der Waals surface area contributed by atoms with Gasteiger partial charge in [0.1, 0.15) is 11.9 Å². The van der Waals surface area contributed by atoms with Gasteiger partial charge in [0.25, 0.3) is 0 Å². The van der Waals surface area contributed by atoms with E-state index in [1.165, 1.54) is 0 Å². The summed E-state index contributed by atoms with van der Waals surface area (Å²) in [4.78, 5) is 14.9. The molecule has 2 atom stereocenters. The van der Waals surface area contributed by atoms with Crippen molar-refractivity contribution in [2.24, 2.45) is 5.92 Å². The van der Waals surface area contributed by atoms with E-state index in [9.17, 15) is 4.79 Å². The average Bonchev–Trinajstić information content (AvgIpc) is 2.49. The van der Waals surface area contributed by atoms with Crippen LogP contribution < -0.4 is 4.74 Å². The standard InChI is InChI=1S/C18H18ClNO2/c1-20(2)11-15-17(21)14-8-3-4-9-16(14)22-18(15)12-6-5-7-13(19)10-12/h3-10,15,18H,11H2,1-2H3. The number of benzene rings is 2. The molecule has 0 aromatic heterocycles. The number of ketones is 1. The summed E-state index contributed by atoms with van der Waals surface area (Å²) in [6.45, 7) is 0.629. The molecule has 0 saturated carbocycles. The van der Waals surface area contributed by atoms with Gasteiger partial charge >= 0.3 is 0 Å². The van der Waals surface area contributed by atoms with Gasteiger partial charge in [-0.05, 0) is 43.9 Å². The summed E-state index contributed by atoms with van der Waals surface area (Å²) in [7, 11) is 3.92. The largest absolute Gasteiger partial charge is 0.484 e. The molecule has 114 valence electrons. The van der Waals surface area contributed by atoms with Gasteiger partial charge in [0.15, 0.2) is 5.78 Å². The number of para-hydroxylation sites is 1. The first-order valence-electron chi connectivity index (χ1n) is 7.26. The third kappa shape index (κ3) is 2.87. The summed E-state index contributed by atoms with van der Waals surface area (Å²) >= 11 is 6.10. The van der Waals surface area contributed by atoms with E-state index in [2.05, 4.69) is 0 Å². The van der Waals surface area contributed by atoms with Gasteiger partial charge < -0.3 is 9.64 Å². The van der Waals surface area contributed by atoms with Gasteiger partial charge in [-0.3, -0.25) is 4.79 Å². The molecule has 0 amide bonds. The van der Waals surface area contributed by atoms with Crippen LogP contribution in [0.1, 0.15) is 22.0 Å². The number of Topliss-reactive ketones (excluding diaryl/α,β-unsaturated/α-hetero) is 1. The molecule has 4 heteroatoms. The second-order valence-electron chi connectivity index (χ2n) is 5.82. The summed E-state index contributed by atoms with van der Waals surface area (Å²) in [6.07, 6.45) is -0.316. The smallest absolute Gasteiger partial charge is 0.175 e. The lowest BCUT2D eigenvalue weighted by atomic mass is 9.85. The Kier molecular flexibility index (Phi) is 4.19. The van der Waals surface area contributed by atoms with Gasteiger partial charge in [0.2, 0.25) is 0 Å². The van der Waals surface area contributed by atoms with Gasteiger partial charge in [-0.25, -0.2) is 0 Å². The number of carbonyl (C=O) groups is 1. The second-order valence-corrected chi connectivity index (χ2v) is 6.26. The first-order chi connectivity index (χ1) is 10.6. The molecule has 22 heavy (non-hydrogen) atoms. The number of hydrogen-bond donors (Lipinski definition) is 0. The fraction of sp³-hybridized carbons (Fsp3) is 0.278. The number of fused-ring (bicyclic) bond motifs is 1. The van der Waals surface area contributed by atoms with Crippen molar-refractivity contribution >= 4 is 17.4 Å². The molecular formula is C18H18ClNO2. The molecule has 1 aliphatic rings. The lowest BCUT2D eigenvalue weighted by molar-refractivity contribution is 0.0594. The third-order valence-corrected chi connectivity index (χ3v) is 4.08. The van der Waals surface area contributed by atoms with Crippen LogP contribution in [0.25, 0.3) is 0 Å². The summed E-state index contributed by atoms with van der Waals surface area (Å²) in [5, 5.41) is 0.649. The Morgan fingerprint density at radius 3 is 2.64 bits per heavy atom. The van der Waals surface area contributed by atoms with Crippen molar-refractivity contribution in [1.82, 2.24) is 4.90 Å². The topological polar surface area (TPSA) is 29.5 Å². The van der Waals surface area contributed by atoms with Gasteiger partial charge in [-0.15, -0.1) is 0 Å². The van der Waals surface area contributed by atoms with E-state index in [0.717, 1.165) is 5.56 Å². The van der Waals surface area contributed by atoms with Crippen LogP contribution in [0.15, 0.2) is 48.5 Å². The second kappa shape index (κ2) is 6.11. The van der Waals surface area contributed by atoms with Crippen molar-refractivity contribution in [3.63, 3.8) is 0 Å². The molecule has 1 aliphatic heterocycles. The minimum absolute atomic E-state index is 0.125. The van der Waals surface area contributed by atoms with Crippen LogP contribution in [0.2, 0.25) is 5.02 Å². The zero-order valence-corrected chi connectivity index (χ0v) is 13.4. The Morgan fingerprint density at radius 2 is 1.91 bits per heavy atom. The van der Waals surface area contributed by atoms with Gasteiger partial charge in [0.05, 0.1) is 11.5 Å². The van der Waals surface area contributed by atoms with Crippen LogP contribution in [-0.2, 0) is 0 Å². The normalized spacial score (nSPS) is 20.6. The molecule has 3 rings (SSSR count).